The monoisotopic (exact) mass is 412 g/mol. The molecule has 0 bridgehead atoms. The van der Waals surface area contributed by atoms with Crippen molar-refractivity contribution in [2.24, 2.45) is 0 Å². The molecule has 0 radical (unpaired) electrons. The van der Waals surface area contributed by atoms with Gasteiger partial charge in [-0.25, -0.2) is 0 Å². The van der Waals surface area contributed by atoms with Crippen LogP contribution in [0.1, 0.15) is 53.0 Å². The van der Waals surface area contributed by atoms with Gasteiger partial charge in [0.1, 0.15) is 18.6 Å². The standard InChI is InChI=1S/C23H29N3O4/c27-21(18-6-8-19(9-7-18)25-22(28)20-5-4-14-30-20)24-17-23(10-2-1-3-11-23)26-12-15-29-16-13-26/h4-9,14H,1-3,10-13,15-17H2,(H,24,27)(H,25,28)/p+1. The van der Waals surface area contributed by atoms with Crippen LogP contribution in [0.25, 0.3) is 0 Å². The molecule has 1 saturated carbocycles. The van der Waals surface area contributed by atoms with Gasteiger partial charge in [-0.05, 0) is 49.2 Å². The van der Waals surface area contributed by atoms with E-state index in [1.807, 2.05) is 0 Å². The van der Waals surface area contributed by atoms with Crippen LogP contribution in [0.3, 0.4) is 0 Å². The highest BCUT2D eigenvalue weighted by molar-refractivity contribution is 6.02. The number of carbonyl (C=O) groups excluding carboxylic acids is 2. The van der Waals surface area contributed by atoms with Crippen LogP contribution in [-0.4, -0.2) is 50.2 Å². The van der Waals surface area contributed by atoms with E-state index in [1.54, 1.807) is 41.3 Å². The molecule has 7 heteroatoms. The fourth-order valence-electron chi connectivity index (χ4n) is 4.69. The van der Waals surface area contributed by atoms with Crippen molar-refractivity contribution in [3.63, 3.8) is 0 Å². The second kappa shape index (κ2) is 9.45. The van der Waals surface area contributed by atoms with E-state index in [4.69, 9.17) is 9.15 Å². The van der Waals surface area contributed by atoms with Gasteiger partial charge in [-0.3, -0.25) is 9.59 Å². The third-order valence-corrected chi connectivity index (χ3v) is 6.39. The average Bonchev–Trinajstić information content (AvgIpc) is 3.34. The van der Waals surface area contributed by atoms with Gasteiger partial charge in [0, 0.05) is 24.1 Å². The van der Waals surface area contributed by atoms with Crippen molar-refractivity contribution in [1.29, 1.82) is 0 Å². The second-order valence-electron chi connectivity index (χ2n) is 8.25. The molecule has 1 aliphatic carbocycles. The molecular formula is C23H30N3O4+. The molecule has 0 atom stereocenters. The molecule has 2 heterocycles. The smallest absolute Gasteiger partial charge is 0.291 e. The van der Waals surface area contributed by atoms with E-state index in [0.29, 0.717) is 17.8 Å². The van der Waals surface area contributed by atoms with Crippen LogP contribution in [0.2, 0.25) is 0 Å². The quantitative estimate of drug-likeness (QED) is 0.676. The first-order chi connectivity index (χ1) is 14.7. The summed E-state index contributed by atoms with van der Waals surface area (Å²) in [5.41, 5.74) is 1.33. The van der Waals surface area contributed by atoms with Gasteiger partial charge in [0.25, 0.3) is 11.8 Å². The lowest BCUT2D eigenvalue weighted by molar-refractivity contribution is -0.960. The number of hydrogen-bond donors (Lipinski definition) is 3. The van der Waals surface area contributed by atoms with Crippen molar-refractivity contribution < 1.29 is 23.6 Å². The highest BCUT2D eigenvalue weighted by Gasteiger charge is 2.42. The minimum Gasteiger partial charge on any atom is -0.459 e. The van der Waals surface area contributed by atoms with Crippen molar-refractivity contribution in [2.45, 2.75) is 37.6 Å². The Morgan fingerprint density at radius 3 is 2.37 bits per heavy atom. The van der Waals surface area contributed by atoms with E-state index >= 15 is 0 Å². The van der Waals surface area contributed by atoms with Gasteiger partial charge in [-0.15, -0.1) is 0 Å². The van der Waals surface area contributed by atoms with Crippen molar-refractivity contribution in [2.75, 3.05) is 38.2 Å². The predicted molar refractivity (Wildman–Crippen MR) is 113 cm³/mol. The zero-order chi connectivity index (χ0) is 20.8. The van der Waals surface area contributed by atoms with E-state index in [-0.39, 0.29) is 23.1 Å². The minimum atomic E-state index is -0.315. The number of quaternary nitrogens is 1. The third-order valence-electron chi connectivity index (χ3n) is 6.39. The summed E-state index contributed by atoms with van der Waals surface area (Å²) in [6, 6.07) is 10.2. The zero-order valence-corrected chi connectivity index (χ0v) is 17.2. The molecule has 160 valence electrons. The fourth-order valence-corrected chi connectivity index (χ4v) is 4.69. The lowest BCUT2D eigenvalue weighted by Crippen LogP contribution is -3.23. The highest BCUT2D eigenvalue weighted by Crippen LogP contribution is 2.25. The van der Waals surface area contributed by atoms with E-state index in [1.165, 1.54) is 25.5 Å². The Hall–Kier alpha value is -2.64. The first-order valence-corrected chi connectivity index (χ1v) is 10.8. The molecule has 1 aromatic heterocycles. The van der Waals surface area contributed by atoms with E-state index in [2.05, 4.69) is 10.6 Å². The maximum atomic E-state index is 12.8. The van der Waals surface area contributed by atoms with Gasteiger partial charge in [0.2, 0.25) is 0 Å². The number of amides is 2. The molecule has 7 nitrogen and oxygen atoms in total. The normalized spacial score (nSPS) is 19.2. The number of furan rings is 1. The molecule has 4 rings (SSSR count). The van der Waals surface area contributed by atoms with E-state index in [0.717, 1.165) is 39.1 Å². The number of benzene rings is 1. The molecule has 2 fully saturated rings. The first-order valence-electron chi connectivity index (χ1n) is 10.8. The summed E-state index contributed by atoms with van der Waals surface area (Å²) in [6.45, 7) is 4.32. The van der Waals surface area contributed by atoms with E-state index in [9.17, 15) is 9.59 Å². The van der Waals surface area contributed by atoms with Crippen molar-refractivity contribution in [3.05, 3.63) is 54.0 Å². The lowest BCUT2D eigenvalue weighted by Gasteiger charge is -2.45. The molecule has 1 saturated heterocycles. The molecule has 0 unspecified atom stereocenters. The number of anilines is 1. The summed E-state index contributed by atoms with van der Waals surface area (Å²) in [5, 5.41) is 5.95. The molecule has 3 N–H and O–H groups in total. The zero-order valence-electron chi connectivity index (χ0n) is 17.2. The summed E-state index contributed by atoms with van der Waals surface area (Å²) in [4.78, 5) is 26.4. The van der Waals surface area contributed by atoms with Crippen LogP contribution in [0.5, 0.6) is 0 Å². The van der Waals surface area contributed by atoms with Gasteiger partial charge in [-0.1, -0.05) is 6.42 Å². The van der Waals surface area contributed by atoms with Crippen molar-refractivity contribution in [3.8, 4) is 0 Å². The SMILES string of the molecule is O=C(NCC1([NH+]2CCOCC2)CCCCC1)c1ccc(NC(=O)c2ccco2)cc1. The molecule has 2 aromatic rings. The topological polar surface area (TPSA) is 85.0 Å². The number of nitrogens with one attached hydrogen (secondary N) is 3. The summed E-state index contributed by atoms with van der Waals surface area (Å²) in [6.07, 6.45) is 7.50. The lowest BCUT2D eigenvalue weighted by atomic mass is 9.79. The Bertz CT molecular complexity index is 836. The molecule has 2 aliphatic rings. The highest BCUT2D eigenvalue weighted by atomic mass is 16.5. The molecular weight excluding hydrogens is 382 g/mol. The number of ether oxygens (including phenoxy) is 1. The molecule has 1 aliphatic heterocycles. The summed E-state index contributed by atoms with van der Waals surface area (Å²) in [5.74, 6) is -0.137. The summed E-state index contributed by atoms with van der Waals surface area (Å²) < 4.78 is 10.6. The van der Waals surface area contributed by atoms with Crippen LogP contribution in [0, 0.1) is 0 Å². The Balaban J connectivity index is 1.36. The van der Waals surface area contributed by atoms with Crippen molar-refractivity contribution in [1.82, 2.24) is 5.32 Å². The first kappa shape index (κ1) is 20.6. The number of hydrogen-bond acceptors (Lipinski definition) is 4. The molecule has 2 amide bonds. The fraction of sp³-hybridized carbons (Fsp3) is 0.478. The van der Waals surface area contributed by atoms with Crippen LogP contribution >= 0.6 is 0 Å². The summed E-state index contributed by atoms with van der Waals surface area (Å²) in [7, 11) is 0. The molecule has 1 aromatic carbocycles. The minimum absolute atomic E-state index is 0.0727. The van der Waals surface area contributed by atoms with Gasteiger partial charge in [0.15, 0.2) is 5.76 Å². The van der Waals surface area contributed by atoms with Crippen molar-refractivity contribution >= 4 is 17.5 Å². The van der Waals surface area contributed by atoms with Crippen LogP contribution in [-0.2, 0) is 4.74 Å². The molecule has 30 heavy (non-hydrogen) atoms. The number of carbonyl (C=O) groups is 2. The second-order valence-corrected chi connectivity index (χ2v) is 8.25. The average molecular weight is 413 g/mol. The van der Waals surface area contributed by atoms with Gasteiger partial charge in [-0.2, -0.15) is 0 Å². The third kappa shape index (κ3) is 4.74. The largest absolute Gasteiger partial charge is 0.459 e. The Morgan fingerprint density at radius 1 is 0.967 bits per heavy atom. The summed E-state index contributed by atoms with van der Waals surface area (Å²) >= 11 is 0. The van der Waals surface area contributed by atoms with Gasteiger partial charge in [0.05, 0.1) is 26.0 Å². The van der Waals surface area contributed by atoms with Crippen LogP contribution < -0.4 is 15.5 Å². The Morgan fingerprint density at radius 2 is 1.70 bits per heavy atom. The Labute approximate surface area is 176 Å². The van der Waals surface area contributed by atoms with Crippen LogP contribution in [0.15, 0.2) is 47.1 Å². The molecule has 0 spiro atoms. The van der Waals surface area contributed by atoms with Crippen LogP contribution in [0.4, 0.5) is 5.69 Å². The predicted octanol–water partition coefficient (Wildman–Crippen LogP) is 1.88. The van der Waals surface area contributed by atoms with Gasteiger partial charge < -0.3 is 24.7 Å². The Kier molecular flexibility index (Phi) is 6.50. The van der Waals surface area contributed by atoms with E-state index < -0.39 is 0 Å². The maximum Gasteiger partial charge on any atom is 0.291 e. The number of rotatable bonds is 6. The van der Waals surface area contributed by atoms with Gasteiger partial charge >= 0.3 is 0 Å². The maximum absolute atomic E-state index is 12.8. The number of morpholine rings is 1.